The topological polar surface area (TPSA) is 92.6 Å². The Morgan fingerprint density at radius 3 is 2.43 bits per heavy atom. The summed E-state index contributed by atoms with van der Waals surface area (Å²) >= 11 is 0. The maximum Gasteiger partial charge on any atom is 0.273 e. The summed E-state index contributed by atoms with van der Waals surface area (Å²) in [5.41, 5.74) is 0.240. The third-order valence-corrected chi connectivity index (χ3v) is 4.76. The van der Waals surface area contributed by atoms with Gasteiger partial charge >= 0.3 is 0 Å². The Hall–Kier alpha value is -1.51. The molecule has 8 heteroatoms. The van der Waals surface area contributed by atoms with Crippen LogP contribution in [0.2, 0.25) is 0 Å². The van der Waals surface area contributed by atoms with Gasteiger partial charge in [0, 0.05) is 24.7 Å². The van der Waals surface area contributed by atoms with E-state index in [1.165, 1.54) is 12.1 Å². The van der Waals surface area contributed by atoms with Crippen LogP contribution in [0, 0.1) is 17.0 Å². The van der Waals surface area contributed by atoms with Crippen LogP contribution in [-0.4, -0.2) is 44.4 Å². The normalized spacial score (nSPS) is 11.8. The Kier molecular flexibility index (Phi) is 6.25. The average Bonchev–Trinajstić information content (AvgIpc) is 2.43. The summed E-state index contributed by atoms with van der Waals surface area (Å²) in [6, 6.07) is 3.91. The molecule has 118 valence electrons. The van der Waals surface area contributed by atoms with Gasteiger partial charge in [0.1, 0.15) is 0 Å². The Bertz CT molecular complexity index is 597. The Morgan fingerprint density at radius 2 is 1.90 bits per heavy atom. The summed E-state index contributed by atoms with van der Waals surface area (Å²) in [4.78, 5) is 12.3. The maximum atomic E-state index is 12.1. The summed E-state index contributed by atoms with van der Waals surface area (Å²) in [5, 5.41) is 10.9. The summed E-state index contributed by atoms with van der Waals surface area (Å²) in [5.74, 6) is 0. The van der Waals surface area contributed by atoms with Crippen LogP contribution in [-0.2, 0) is 10.0 Å². The molecule has 1 rings (SSSR count). The zero-order valence-electron chi connectivity index (χ0n) is 12.5. The first-order chi connectivity index (χ1) is 9.81. The van der Waals surface area contributed by atoms with Gasteiger partial charge in [0.2, 0.25) is 10.0 Å². The van der Waals surface area contributed by atoms with Crippen molar-refractivity contribution in [3.05, 3.63) is 33.9 Å². The molecule has 0 aliphatic carbocycles. The molecule has 0 aliphatic rings. The fraction of sp³-hybridized carbons (Fsp3) is 0.538. The van der Waals surface area contributed by atoms with Gasteiger partial charge in [0.05, 0.1) is 9.82 Å². The number of nitro groups is 1. The molecule has 0 aliphatic heterocycles. The van der Waals surface area contributed by atoms with Crippen molar-refractivity contribution >= 4 is 15.7 Å². The first kappa shape index (κ1) is 17.5. The summed E-state index contributed by atoms with van der Waals surface area (Å²) < 4.78 is 26.7. The summed E-state index contributed by atoms with van der Waals surface area (Å²) in [6.07, 6.45) is 0. The fourth-order valence-corrected chi connectivity index (χ4v) is 2.96. The van der Waals surface area contributed by atoms with Gasteiger partial charge in [-0.15, -0.1) is 0 Å². The van der Waals surface area contributed by atoms with Gasteiger partial charge in [0.25, 0.3) is 5.69 Å². The maximum absolute atomic E-state index is 12.1. The molecule has 7 nitrogen and oxygen atoms in total. The number of aryl methyl sites for hydroxylation is 1. The molecule has 1 aromatic carbocycles. The van der Waals surface area contributed by atoms with E-state index in [1.54, 1.807) is 6.92 Å². The SMILES string of the molecule is CCN(CC)CCNS(=O)(=O)c1ccc(C)c([N+](=O)[O-])c1. The van der Waals surface area contributed by atoms with Crippen molar-refractivity contribution in [3.63, 3.8) is 0 Å². The third kappa shape index (κ3) is 4.76. The van der Waals surface area contributed by atoms with Gasteiger partial charge in [-0.3, -0.25) is 10.1 Å². The van der Waals surface area contributed by atoms with Gasteiger partial charge < -0.3 is 4.90 Å². The van der Waals surface area contributed by atoms with Gasteiger partial charge in [-0.1, -0.05) is 19.9 Å². The smallest absolute Gasteiger partial charge is 0.273 e. The lowest BCUT2D eigenvalue weighted by Crippen LogP contribution is -2.34. The molecule has 0 amide bonds. The van der Waals surface area contributed by atoms with Crippen molar-refractivity contribution in [3.8, 4) is 0 Å². The number of likely N-dealkylation sites (N-methyl/N-ethyl adjacent to an activating group) is 1. The highest BCUT2D eigenvalue weighted by molar-refractivity contribution is 7.89. The van der Waals surface area contributed by atoms with Gasteiger partial charge in [0.15, 0.2) is 0 Å². The van der Waals surface area contributed by atoms with Crippen molar-refractivity contribution < 1.29 is 13.3 Å². The Balaban J connectivity index is 2.84. The molecule has 0 aromatic heterocycles. The van der Waals surface area contributed by atoms with E-state index in [4.69, 9.17) is 0 Å². The second-order valence-electron chi connectivity index (χ2n) is 4.63. The third-order valence-electron chi connectivity index (χ3n) is 3.30. The molecule has 1 aromatic rings. The molecule has 0 radical (unpaired) electrons. The van der Waals surface area contributed by atoms with Crippen LogP contribution in [0.5, 0.6) is 0 Å². The van der Waals surface area contributed by atoms with Gasteiger partial charge in [-0.2, -0.15) is 0 Å². The summed E-state index contributed by atoms with van der Waals surface area (Å²) in [7, 11) is -3.73. The molecule has 0 heterocycles. The highest BCUT2D eigenvalue weighted by atomic mass is 32.2. The standard InChI is InChI=1S/C13H21N3O4S/c1-4-15(5-2)9-8-14-21(19,20)12-7-6-11(3)13(10-12)16(17)18/h6-7,10,14H,4-5,8-9H2,1-3H3. The molecule has 0 atom stereocenters. The van der Waals surface area contributed by atoms with Crippen molar-refractivity contribution in [1.29, 1.82) is 0 Å². The first-order valence-corrected chi connectivity index (χ1v) is 8.27. The minimum Gasteiger partial charge on any atom is -0.303 e. The molecular formula is C13H21N3O4S. The van der Waals surface area contributed by atoms with Crippen LogP contribution in [0.4, 0.5) is 5.69 Å². The minimum atomic E-state index is -3.73. The first-order valence-electron chi connectivity index (χ1n) is 6.78. The zero-order valence-corrected chi connectivity index (χ0v) is 13.3. The van der Waals surface area contributed by atoms with E-state index in [9.17, 15) is 18.5 Å². The minimum absolute atomic E-state index is 0.0839. The second kappa shape index (κ2) is 7.48. The van der Waals surface area contributed by atoms with Gasteiger partial charge in [-0.05, 0) is 26.1 Å². The summed E-state index contributed by atoms with van der Waals surface area (Å²) in [6.45, 7) is 8.12. The number of hydrogen-bond donors (Lipinski definition) is 1. The number of rotatable bonds is 8. The Morgan fingerprint density at radius 1 is 1.29 bits per heavy atom. The molecule has 21 heavy (non-hydrogen) atoms. The van der Waals surface area contributed by atoms with E-state index >= 15 is 0 Å². The van der Waals surface area contributed by atoms with Crippen molar-refractivity contribution in [2.24, 2.45) is 0 Å². The number of nitrogens with zero attached hydrogens (tertiary/aromatic N) is 2. The van der Waals surface area contributed by atoms with E-state index in [2.05, 4.69) is 9.62 Å². The highest BCUT2D eigenvalue weighted by Crippen LogP contribution is 2.21. The number of nitrogens with one attached hydrogen (secondary N) is 1. The van der Waals surface area contributed by atoms with E-state index in [0.29, 0.717) is 12.1 Å². The number of benzene rings is 1. The predicted octanol–water partition coefficient (Wildman–Crippen LogP) is 1.52. The molecule has 0 saturated carbocycles. The fourth-order valence-electron chi connectivity index (χ4n) is 1.91. The zero-order chi connectivity index (χ0) is 16.0. The van der Waals surface area contributed by atoms with Gasteiger partial charge in [-0.25, -0.2) is 13.1 Å². The van der Waals surface area contributed by atoms with Crippen LogP contribution >= 0.6 is 0 Å². The van der Waals surface area contributed by atoms with Crippen molar-refractivity contribution in [1.82, 2.24) is 9.62 Å². The number of hydrogen-bond acceptors (Lipinski definition) is 5. The monoisotopic (exact) mass is 315 g/mol. The lowest BCUT2D eigenvalue weighted by molar-refractivity contribution is -0.385. The Labute approximate surface area is 125 Å². The second-order valence-corrected chi connectivity index (χ2v) is 6.40. The lowest BCUT2D eigenvalue weighted by Gasteiger charge is -2.18. The molecule has 1 N–H and O–H groups in total. The van der Waals surface area contributed by atoms with Crippen molar-refractivity contribution in [2.75, 3.05) is 26.2 Å². The van der Waals surface area contributed by atoms with Crippen LogP contribution < -0.4 is 4.72 Å². The molecule has 0 saturated heterocycles. The van der Waals surface area contributed by atoms with Crippen LogP contribution in [0.15, 0.2) is 23.1 Å². The lowest BCUT2D eigenvalue weighted by atomic mass is 10.2. The van der Waals surface area contributed by atoms with Crippen LogP contribution in [0.3, 0.4) is 0 Å². The largest absolute Gasteiger partial charge is 0.303 e. The highest BCUT2D eigenvalue weighted by Gasteiger charge is 2.19. The predicted molar refractivity (Wildman–Crippen MR) is 80.8 cm³/mol. The number of sulfonamides is 1. The average molecular weight is 315 g/mol. The number of nitro benzene ring substituents is 1. The molecule has 0 unspecified atom stereocenters. The van der Waals surface area contributed by atoms with E-state index < -0.39 is 14.9 Å². The molecular weight excluding hydrogens is 294 g/mol. The van der Waals surface area contributed by atoms with E-state index in [0.717, 1.165) is 19.2 Å². The van der Waals surface area contributed by atoms with Crippen LogP contribution in [0.25, 0.3) is 0 Å². The van der Waals surface area contributed by atoms with E-state index in [-0.39, 0.29) is 17.1 Å². The molecule has 0 bridgehead atoms. The van der Waals surface area contributed by atoms with Crippen molar-refractivity contribution in [2.45, 2.75) is 25.7 Å². The molecule has 0 spiro atoms. The quantitative estimate of drug-likeness (QED) is 0.580. The van der Waals surface area contributed by atoms with Crippen LogP contribution in [0.1, 0.15) is 19.4 Å². The van der Waals surface area contributed by atoms with E-state index in [1.807, 2.05) is 13.8 Å². The molecule has 0 fully saturated rings.